The molecule has 2 heterocycles. The van der Waals surface area contributed by atoms with E-state index in [-0.39, 0.29) is 12.4 Å². The summed E-state index contributed by atoms with van der Waals surface area (Å²) in [6.45, 7) is 4.90. The minimum absolute atomic E-state index is 0.144. The Bertz CT molecular complexity index is 1210. The molecule has 8 nitrogen and oxygen atoms in total. The van der Waals surface area contributed by atoms with Crippen molar-refractivity contribution in [3.8, 4) is 17.2 Å². The van der Waals surface area contributed by atoms with Crippen LogP contribution in [0.3, 0.4) is 0 Å². The average Bonchev–Trinajstić information content (AvgIpc) is 3.30. The Balaban J connectivity index is 1.58. The summed E-state index contributed by atoms with van der Waals surface area (Å²) in [5.74, 6) is 2.20. The number of pyridine rings is 1. The van der Waals surface area contributed by atoms with Crippen LogP contribution in [0.5, 0.6) is 17.2 Å². The third-order valence-electron chi connectivity index (χ3n) is 5.46. The molecule has 0 saturated carbocycles. The lowest BCUT2D eigenvalue weighted by atomic mass is 10.1. The molecule has 0 fully saturated rings. The Kier molecular flexibility index (Phi) is 7.87. The van der Waals surface area contributed by atoms with E-state index in [1.165, 1.54) is 0 Å². The van der Waals surface area contributed by atoms with Gasteiger partial charge < -0.3 is 34.1 Å². The van der Waals surface area contributed by atoms with Crippen molar-refractivity contribution in [3.05, 3.63) is 63.9 Å². The van der Waals surface area contributed by atoms with Crippen LogP contribution in [0.4, 0.5) is 0 Å². The highest BCUT2D eigenvalue weighted by Crippen LogP contribution is 2.33. The van der Waals surface area contributed by atoms with Crippen LogP contribution in [0.2, 0.25) is 0 Å². The maximum atomic E-state index is 12.9. The van der Waals surface area contributed by atoms with E-state index < -0.39 is 0 Å². The fraction of sp³-hybridized carbons (Fsp3) is 0.360. The number of nitrogens with zero attached hydrogens (tertiary/aromatic N) is 1. The number of H-pyrrole nitrogens is 1. The van der Waals surface area contributed by atoms with Crippen LogP contribution in [0.1, 0.15) is 24.5 Å². The molecule has 2 N–H and O–H groups in total. The van der Waals surface area contributed by atoms with Gasteiger partial charge in [-0.3, -0.25) is 4.79 Å². The zero-order valence-electron chi connectivity index (χ0n) is 19.4. The quantitative estimate of drug-likeness (QED) is 0.335. The van der Waals surface area contributed by atoms with E-state index in [4.69, 9.17) is 31.2 Å². The number of fused-ring (bicyclic) bond motifs is 2. The zero-order valence-corrected chi connectivity index (χ0v) is 20.2. The highest BCUT2D eigenvalue weighted by atomic mass is 32.1. The molecule has 1 aliphatic heterocycles. The third kappa shape index (κ3) is 5.78. The van der Waals surface area contributed by atoms with E-state index in [0.717, 1.165) is 34.4 Å². The number of methoxy groups -OCH3 is 1. The van der Waals surface area contributed by atoms with Crippen molar-refractivity contribution in [3.63, 3.8) is 0 Å². The molecule has 4 rings (SSSR count). The number of hydrogen-bond donors (Lipinski definition) is 2. The number of benzene rings is 2. The summed E-state index contributed by atoms with van der Waals surface area (Å²) in [6, 6.07) is 13.4. The summed E-state index contributed by atoms with van der Waals surface area (Å²) >= 11 is 5.70. The van der Waals surface area contributed by atoms with Gasteiger partial charge in [0.05, 0.1) is 13.2 Å². The smallest absolute Gasteiger partial charge is 0.253 e. The number of aromatic nitrogens is 1. The second-order valence-electron chi connectivity index (χ2n) is 7.93. The van der Waals surface area contributed by atoms with Gasteiger partial charge in [0.25, 0.3) is 5.56 Å². The lowest BCUT2D eigenvalue weighted by Gasteiger charge is -2.26. The first-order valence-corrected chi connectivity index (χ1v) is 11.7. The predicted molar refractivity (Wildman–Crippen MR) is 135 cm³/mol. The van der Waals surface area contributed by atoms with Crippen molar-refractivity contribution in [1.29, 1.82) is 0 Å². The van der Waals surface area contributed by atoms with E-state index in [2.05, 4.69) is 10.3 Å². The maximum absolute atomic E-state index is 12.9. The minimum Gasteiger partial charge on any atom is -0.494 e. The van der Waals surface area contributed by atoms with Crippen LogP contribution >= 0.6 is 12.2 Å². The molecule has 3 aromatic rings. The van der Waals surface area contributed by atoms with Gasteiger partial charge in [-0.15, -0.1) is 0 Å². The van der Waals surface area contributed by atoms with Gasteiger partial charge in [0.15, 0.2) is 16.6 Å². The number of aromatic amines is 1. The lowest BCUT2D eigenvalue weighted by molar-refractivity contribution is 0.174. The van der Waals surface area contributed by atoms with Crippen molar-refractivity contribution in [2.24, 2.45) is 0 Å². The predicted octanol–water partition coefficient (Wildman–Crippen LogP) is 3.57. The van der Waals surface area contributed by atoms with E-state index in [9.17, 15) is 4.79 Å². The number of ether oxygens (including phenoxy) is 4. The fourth-order valence-electron chi connectivity index (χ4n) is 3.79. The van der Waals surface area contributed by atoms with Crippen LogP contribution < -0.4 is 25.1 Å². The van der Waals surface area contributed by atoms with Gasteiger partial charge in [-0.1, -0.05) is 6.07 Å². The molecule has 0 unspecified atom stereocenters. The molecule has 34 heavy (non-hydrogen) atoms. The first kappa shape index (κ1) is 23.8. The largest absolute Gasteiger partial charge is 0.494 e. The number of hydrogen-bond acceptors (Lipinski definition) is 6. The second-order valence-corrected chi connectivity index (χ2v) is 8.31. The summed E-state index contributed by atoms with van der Waals surface area (Å²) in [4.78, 5) is 17.8. The Hall–Kier alpha value is -3.30. The van der Waals surface area contributed by atoms with Gasteiger partial charge >= 0.3 is 0 Å². The van der Waals surface area contributed by atoms with E-state index in [1.54, 1.807) is 7.11 Å². The van der Waals surface area contributed by atoms with Gasteiger partial charge in [0.2, 0.25) is 6.79 Å². The van der Waals surface area contributed by atoms with Gasteiger partial charge in [-0.2, -0.15) is 0 Å². The Morgan fingerprint density at radius 3 is 2.82 bits per heavy atom. The van der Waals surface area contributed by atoms with E-state index in [0.29, 0.717) is 49.3 Å². The molecule has 1 aliphatic rings. The molecule has 9 heteroatoms. The van der Waals surface area contributed by atoms with Gasteiger partial charge in [0, 0.05) is 43.3 Å². The molecular formula is C25H29N3O5S. The highest BCUT2D eigenvalue weighted by molar-refractivity contribution is 7.80. The van der Waals surface area contributed by atoms with Crippen LogP contribution in [0.15, 0.2) is 47.3 Å². The number of rotatable bonds is 10. The third-order valence-corrected chi connectivity index (χ3v) is 5.87. The number of nitrogens with one attached hydrogen (secondary N) is 2. The van der Waals surface area contributed by atoms with Crippen molar-refractivity contribution in [2.45, 2.75) is 26.4 Å². The summed E-state index contributed by atoms with van der Waals surface area (Å²) in [7, 11) is 1.67. The van der Waals surface area contributed by atoms with E-state index >= 15 is 0 Å². The molecule has 1 aromatic heterocycles. The van der Waals surface area contributed by atoms with Crippen LogP contribution in [-0.2, 0) is 17.8 Å². The van der Waals surface area contributed by atoms with Crippen LogP contribution in [0.25, 0.3) is 10.9 Å². The van der Waals surface area contributed by atoms with Crippen LogP contribution in [0, 0.1) is 0 Å². The monoisotopic (exact) mass is 483 g/mol. The van der Waals surface area contributed by atoms with Crippen molar-refractivity contribution >= 4 is 28.2 Å². The number of thiocarbonyl (C=S) groups is 1. The van der Waals surface area contributed by atoms with Gasteiger partial charge in [0.1, 0.15) is 5.75 Å². The molecular weight excluding hydrogens is 454 g/mol. The zero-order chi connectivity index (χ0) is 23.9. The topological polar surface area (TPSA) is 85.1 Å². The average molecular weight is 484 g/mol. The summed E-state index contributed by atoms with van der Waals surface area (Å²) < 4.78 is 21.7. The summed E-state index contributed by atoms with van der Waals surface area (Å²) in [6.07, 6.45) is 0.825. The molecule has 2 aromatic carbocycles. The normalized spacial score (nSPS) is 12.1. The molecule has 0 aliphatic carbocycles. The van der Waals surface area contributed by atoms with Gasteiger partial charge in [-0.25, -0.2) is 0 Å². The highest BCUT2D eigenvalue weighted by Gasteiger charge is 2.18. The Morgan fingerprint density at radius 1 is 1.15 bits per heavy atom. The molecule has 0 bridgehead atoms. The first-order chi connectivity index (χ1) is 16.6. The molecule has 0 amide bonds. The van der Waals surface area contributed by atoms with Crippen molar-refractivity contribution < 1.29 is 18.9 Å². The summed E-state index contributed by atoms with van der Waals surface area (Å²) in [5, 5.41) is 4.75. The molecule has 0 atom stereocenters. The molecule has 180 valence electrons. The first-order valence-electron chi connectivity index (χ1n) is 11.3. The SMILES string of the molecule is CCOc1ccc2[nH]c(=O)c(CN(Cc3ccc4c(c3)OCO4)C(=S)NCCCOC)cc2c1. The van der Waals surface area contributed by atoms with Crippen molar-refractivity contribution in [2.75, 3.05) is 33.7 Å². The van der Waals surface area contributed by atoms with Crippen LogP contribution in [-0.4, -0.2) is 48.7 Å². The van der Waals surface area contributed by atoms with Gasteiger partial charge in [-0.05, 0) is 67.5 Å². The molecule has 0 spiro atoms. The molecule has 0 saturated heterocycles. The summed E-state index contributed by atoms with van der Waals surface area (Å²) in [5.41, 5.74) is 2.23. The fourth-order valence-corrected chi connectivity index (χ4v) is 4.02. The standard InChI is InChI=1S/C25H29N3O5S/c1-3-31-20-6-7-21-18(13-20)12-19(24(29)27-21)15-28(25(34)26-9-4-10-30-2)14-17-5-8-22-23(11-17)33-16-32-22/h5-8,11-13H,3-4,9-10,14-16H2,1-2H3,(H,26,34)(H,27,29). The lowest BCUT2D eigenvalue weighted by Crippen LogP contribution is -2.40. The Labute approximate surface area is 203 Å². The van der Waals surface area contributed by atoms with Crippen molar-refractivity contribution in [1.82, 2.24) is 15.2 Å². The maximum Gasteiger partial charge on any atom is 0.253 e. The second kappa shape index (κ2) is 11.2. The molecule has 0 radical (unpaired) electrons. The van der Waals surface area contributed by atoms with E-state index in [1.807, 2.05) is 54.3 Å². The minimum atomic E-state index is -0.144. The Morgan fingerprint density at radius 2 is 2.00 bits per heavy atom.